The molecule has 8 nitrogen and oxygen atoms in total. The first-order valence-electron chi connectivity index (χ1n) is 14.3. The van der Waals surface area contributed by atoms with E-state index in [0.717, 1.165) is 29.7 Å². The molecule has 2 amide bonds. The van der Waals surface area contributed by atoms with Gasteiger partial charge in [0.15, 0.2) is 0 Å². The first kappa shape index (κ1) is 27.6. The quantitative estimate of drug-likeness (QED) is 0.310. The van der Waals surface area contributed by atoms with E-state index in [1.807, 2.05) is 63.3 Å². The molecule has 0 aromatic heterocycles. The second kappa shape index (κ2) is 10.9. The Morgan fingerprint density at radius 2 is 1.79 bits per heavy atom. The summed E-state index contributed by atoms with van der Waals surface area (Å²) in [7, 11) is 0. The Morgan fingerprint density at radius 1 is 1.00 bits per heavy atom. The summed E-state index contributed by atoms with van der Waals surface area (Å²) in [6.45, 7) is 7.05. The van der Waals surface area contributed by atoms with E-state index in [-0.39, 0.29) is 25.0 Å². The van der Waals surface area contributed by atoms with E-state index in [0.29, 0.717) is 38.8 Å². The molecule has 0 saturated carbocycles. The van der Waals surface area contributed by atoms with Gasteiger partial charge in [0.1, 0.15) is 23.2 Å². The smallest absolute Gasteiger partial charge is 0.313 e. The predicted octanol–water partition coefficient (Wildman–Crippen LogP) is 3.62. The van der Waals surface area contributed by atoms with Gasteiger partial charge in [0.05, 0.1) is 12.5 Å². The maximum absolute atomic E-state index is 14.6. The zero-order chi connectivity index (χ0) is 27.8. The zero-order valence-corrected chi connectivity index (χ0v) is 23.2. The number of aryl methyl sites for hydroxylation is 2. The fraction of sp³-hybridized carbons (Fsp3) is 0.581. The van der Waals surface area contributed by atoms with Crippen LogP contribution in [-0.4, -0.2) is 71.3 Å². The van der Waals surface area contributed by atoms with Gasteiger partial charge in [-0.15, -0.1) is 0 Å². The van der Waals surface area contributed by atoms with Gasteiger partial charge in [-0.2, -0.15) is 0 Å². The summed E-state index contributed by atoms with van der Waals surface area (Å²) in [5.41, 5.74) is 0.526. The first-order chi connectivity index (χ1) is 18.8. The molecular formula is C31H40N2O6. The van der Waals surface area contributed by atoms with Gasteiger partial charge in [-0.3, -0.25) is 14.4 Å². The largest absolute Gasteiger partial charge is 0.465 e. The van der Waals surface area contributed by atoms with Gasteiger partial charge >= 0.3 is 5.97 Å². The minimum absolute atomic E-state index is 0.134. The number of hydrogen-bond acceptors (Lipinski definition) is 6. The number of unbranched alkanes of at least 4 members (excludes halogenated alkanes) is 3. The summed E-state index contributed by atoms with van der Waals surface area (Å²) >= 11 is 0. The van der Waals surface area contributed by atoms with Gasteiger partial charge in [0, 0.05) is 25.4 Å². The molecule has 4 aliphatic heterocycles. The molecule has 1 unspecified atom stereocenters. The highest BCUT2D eigenvalue weighted by Gasteiger charge is 2.75. The molecule has 2 saturated heterocycles. The lowest BCUT2D eigenvalue weighted by molar-refractivity contribution is -0.160. The number of aliphatic hydroxyl groups excluding tert-OH is 1. The third-order valence-corrected chi connectivity index (χ3v) is 8.86. The number of fused-ring (bicyclic) bond motifs is 2. The number of carbonyl (C=O) groups is 3. The number of hydrogen-bond donors (Lipinski definition) is 1. The minimum Gasteiger partial charge on any atom is -0.465 e. The summed E-state index contributed by atoms with van der Waals surface area (Å²) in [6.07, 6.45) is 11.8. The van der Waals surface area contributed by atoms with Crippen molar-refractivity contribution in [2.45, 2.75) is 76.5 Å². The fourth-order valence-corrected chi connectivity index (χ4v) is 6.94. The number of nitrogens with zero attached hydrogens (tertiary/aromatic N) is 2. The van der Waals surface area contributed by atoms with Crippen LogP contribution in [0.4, 0.5) is 5.69 Å². The van der Waals surface area contributed by atoms with Crippen LogP contribution in [0.15, 0.2) is 42.5 Å². The van der Waals surface area contributed by atoms with Crippen LogP contribution in [0.25, 0.3) is 0 Å². The van der Waals surface area contributed by atoms with E-state index in [1.165, 1.54) is 0 Å². The van der Waals surface area contributed by atoms with E-state index in [9.17, 15) is 14.4 Å². The number of carbonyl (C=O) groups excluding carboxylic acids is 3. The molecule has 1 spiro atoms. The fourth-order valence-electron chi connectivity index (χ4n) is 6.94. The van der Waals surface area contributed by atoms with Crippen molar-refractivity contribution in [3.63, 3.8) is 0 Å². The maximum Gasteiger partial charge on any atom is 0.313 e. The molecular weight excluding hydrogens is 496 g/mol. The highest BCUT2D eigenvalue weighted by molar-refractivity contribution is 6.06. The van der Waals surface area contributed by atoms with Crippen molar-refractivity contribution >= 4 is 23.5 Å². The van der Waals surface area contributed by atoms with E-state index in [2.05, 4.69) is 0 Å². The maximum atomic E-state index is 14.6. The molecule has 8 heteroatoms. The SMILES string of the molecule is CC[C@]12C=CCCOC(=O)[C@H]1[C@H]1C(=O)N(CCCCCCO)C3C(=O)N(c4cc(C)ccc4C)CC=C[C@@]31O2. The van der Waals surface area contributed by atoms with Crippen molar-refractivity contribution in [3.8, 4) is 0 Å². The van der Waals surface area contributed by atoms with Gasteiger partial charge in [-0.25, -0.2) is 0 Å². The molecule has 0 radical (unpaired) electrons. The summed E-state index contributed by atoms with van der Waals surface area (Å²) in [4.78, 5) is 45.8. The lowest BCUT2D eigenvalue weighted by Gasteiger charge is -2.39. The van der Waals surface area contributed by atoms with E-state index >= 15 is 0 Å². The predicted molar refractivity (Wildman–Crippen MR) is 147 cm³/mol. The number of rotatable bonds is 8. The van der Waals surface area contributed by atoms with Crippen LogP contribution in [0.2, 0.25) is 0 Å². The van der Waals surface area contributed by atoms with Crippen molar-refractivity contribution in [2.24, 2.45) is 11.8 Å². The average Bonchev–Trinajstić information content (AvgIpc) is 3.25. The molecule has 1 N–H and O–H groups in total. The summed E-state index contributed by atoms with van der Waals surface area (Å²) in [5.74, 6) is -2.55. The lowest BCUT2D eigenvalue weighted by Crippen LogP contribution is -2.56. The highest BCUT2D eigenvalue weighted by Crippen LogP contribution is 2.58. The molecule has 0 bridgehead atoms. The Hall–Kier alpha value is -2.97. The van der Waals surface area contributed by atoms with Crippen LogP contribution in [0.5, 0.6) is 0 Å². The Kier molecular flexibility index (Phi) is 7.71. The molecule has 1 aromatic rings. The lowest BCUT2D eigenvalue weighted by atomic mass is 9.73. The van der Waals surface area contributed by atoms with Crippen molar-refractivity contribution in [3.05, 3.63) is 53.6 Å². The van der Waals surface area contributed by atoms with Crippen molar-refractivity contribution in [1.29, 1.82) is 0 Å². The standard InChI is InChI=1S/C31H40N2O6/c1-4-30-14-7-10-19-38-29(37)25(30)24-27(35)33(16-8-5-6-9-18-34)26-28(36)32(17-11-15-31(24,26)39-30)23-20-21(2)12-13-22(23)3/h7,11-15,20,24-26,34H,4-6,8-10,16-19H2,1-3H3/t24-,25+,26?,30-,31-/m0/s1. The minimum atomic E-state index is -1.28. The molecule has 39 heavy (non-hydrogen) atoms. The number of likely N-dealkylation sites (tertiary alicyclic amines) is 1. The third kappa shape index (κ3) is 4.51. The Bertz CT molecular complexity index is 1190. The van der Waals surface area contributed by atoms with Crippen molar-refractivity contribution in [1.82, 2.24) is 4.90 Å². The van der Waals surface area contributed by atoms with Gasteiger partial charge in [0.2, 0.25) is 5.91 Å². The molecule has 5 rings (SSSR count). The molecule has 4 heterocycles. The van der Waals surface area contributed by atoms with Crippen molar-refractivity contribution < 1.29 is 29.0 Å². The first-order valence-corrected chi connectivity index (χ1v) is 14.3. The van der Waals surface area contributed by atoms with Crippen LogP contribution < -0.4 is 4.90 Å². The van der Waals surface area contributed by atoms with E-state index < -0.39 is 35.0 Å². The summed E-state index contributed by atoms with van der Waals surface area (Å²) in [6, 6.07) is 5.13. The van der Waals surface area contributed by atoms with Crippen molar-refractivity contribution in [2.75, 3.05) is 31.2 Å². The Balaban J connectivity index is 1.60. The summed E-state index contributed by atoms with van der Waals surface area (Å²) < 4.78 is 12.6. The molecule has 210 valence electrons. The van der Waals surface area contributed by atoms with Gasteiger partial charge in [-0.05, 0) is 56.7 Å². The molecule has 4 aliphatic rings. The Labute approximate surface area is 230 Å². The second-order valence-electron chi connectivity index (χ2n) is 11.3. The average molecular weight is 537 g/mol. The highest BCUT2D eigenvalue weighted by atomic mass is 16.6. The van der Waals surface area contributed by atoms with Gasteiger partial charge in [-0.1, -0.05) is 56.2 Å². The molecule has 1 aromatic carbocycles. The monoisotopic (exact) mass is 536 g/mol. The molecule has 5 atom stereocenters. The van der Waals surface area contributed by atoms with Crippen LogP contribution in [0.3, 0.4) is 0 Å². The normalized spacial score (nSPS) is 31.9. The number of esters is 1. The number of cyclic esters (lactones) is 1. The van der Waals surface area contributed by atoms with E-state index in [1.54, 1.807) is 9.80 Å². The number of aliphatic hydroxyl groups is 1. The molecule has 0 aliphatic carbocycles. The van der Waals surface area contributed by atoms with Crippen LogP contribution in [-0.2, 0) is 23.9 Å². The topological polar surface area (TPSA) is 96.4 Å². The van der Waals surface area contributed by atoms with E-state index in [4.69, 9.17) is 14.6 Å². The number of amides is 2. The number of anilines is 1. The van der Waals surface area contributed by atoms with Crippen LogP contribution in [0, 0.1) is 25.7 Å². The third-order valence-electron chi connectivity index (χ3n) is 8.86. The number of benzene rings is 1. The van der Waals surface area contributed by atoms with Crippen LogP contribution >= 0.6 is 0 Å². The second-order valence-corrected chi connectivity index (χ2v) is 11.3. The summed E-state index contributed by atoms with van der Waals surface area (Å²) in [5, 5.41) is 9.16. The van der Waals surface area contributed by atoms with Gasteiger partial charge < -0.3 is 24.4 Å². The van der Waals surface area contributed by atoms with Gasteiger partial charge in [0.25, 0.3) is 5.91 Å². The number of ether oxygens (including phenoxy) is 2. The molecule has 2 fully saturated rings. The van der Waals surface area contributed by atoms with Crippen LogP contribution in [0.1, 0.15) is 56.6 Å². The Morgan fingerprint density at radius 3 is 2.56 bits per heavy atom. The zero-order valence-electron chi connectivity index (χ0n) is 23.2.